The summed E-state index contributed by atoms with van der Waals surface area (Å²) in [7, 11) is 0. The van der Waals surface area contributed by atoms with Crippen LogP contribution in [0.2, 0.25) is 0 Å². The zero-order valence-electron chi connectivity index (χ0n) is 6.32. The Morgan fingerprint density at radius 1 is 1.45 bits per heavy atom. The first-order valence-electron chi connectivity index (χ1n) is 3.47. The van der Waals surface area contributed by atoms with Gasteiger partial charge in [-0.05, 0) is 6.92 Å². The maximum Gasteiger partial charge on any atom is 0.330 e. The largest absolute Gasteiger partial charge is 0.478 e. The predicted molar refractivity (Wildman–Crippen MR) is 43.2 cm³/mol. The van der Waals surface area contributed by atoms with E-state index >= 15 is 0 Å². The highest BCUT2D eigenvalue weighted by molar-refractivity contribution is 5.85. The van der Waals surface area contributed by atoms with Crippen LogP contribution in [-0.2, 0) is 4.79 Å². The lowest BCUT2D eigenvalue weighted by atomic mass is 10.1. The number of allylic oxidation sites excluding steroid dienone is 5. The Hall–Kier alpha value is -1.31. The van der Waals surface area contributed by atoms with Gasteiger partial charge in [-0.25, -0.2) is 4.79 Å². The molecule has 2 nitrogen and oxygen atoms in total. The fourth-order valence-electron chi connectivity index (χ4n) is 0.920. The van der Waals surface area contributed by atoms with E-state index in [1.807, 2.05) is 24.3 Å². The van der Waals surface area contributed by atoms with Crippen molar-refractivity contribution in [1.29, 1.82) is 0 Å². The van der Waals surface area contributed by atoms with Gasteiger partial charge in [0.1, 0.15) is 0 Å². The van der Waals surface area contributed by atoms with Crippen molar-refractivity contribution < 1.29 is 9.90 Å². The number of carboxylic acids is 1. The summed E-state index contributed by atoms with van der Waals surface area (Å²) in [4.78, 5) is 10.4. The molecule has 1 aliphatic carbocycles. The van der Waals surface area contributed by atoms with Crippen molar-refractivity contribution in [3.05, 3.63) is 36.0 Å². The van der Waals surface area contributed by atoms with Crippen LogP contribution >= 0.6 is 0 Å². The highest BCUT2D eigenvalue weighted by Crippen LogP contribution is 2.12. The zero-order chi connectivity index (χ0) is 8.27. The molecule has 0 unspecified atom stereocenters. The predicted octanol–water partition coefficient (Wildman–Crippen LogP) is 1.76. The Bertz CT molecular complexity index is 234. The van der Waals surface area contributed by atoms with Gasteiger partial charge in [0.05, 0.1) is 0 Å². The Balaban J connectivity index is 2.64. The molecule has 0 aromatic carbocycles. The Morgan fingerprint density at radius 3 is 2.45 bits per heavy atom. The van der Waals surface area contributed by atoms with E-state index in [0.29, 0.717) is 5.57 Å². The molecule has 0 saturated heterocycles. The number of aliphatic carboxylic acids is 1. The highest BCUT2D eigenvalue weighted by Gasteiger charge is 2.04. The molecule has 0 heterocycles. The molecule has 1 rings (SSSR count). The summed E-state index contributed by atoms with van der Waals surface area (Å²) >= 11 is 0. The molecule has 0 aromatic heterocycles. The fourth-order valence-corrected chi connectivity index (χ4v) is 0.920. The minimum Gasteiger partial charge on any atom is -0.478 e. The summed E-state index contributed by atoms with van der Waals surface area (Å²) in [6.07, 6.45) is 9.45. The van der Waals surface area contributed by atoms with E-state index < -0.39 is 5.97 Å². The molecule has 0 spiro atoms. The number of carbonyl (C=O) groups is 1. The van der Waals surface area contributed by atoms with E-state index in [0.717, 1.165) is 0 Å². The topological polar surface area (TPSA) is 37.3 Å². The van der Waals surface area contributed by atoms with E-state index in [-0.39, 0.29) is 5.92 Å². The maximum atomic E-state index is 10.4. The van der Waals surface area contributed by atoms with E-state index in [1.54, 1.807) is 13.0 Å². The van der Waals surface area contributed by atoms with Crippen LogP contribution in [0, 0.1) is 5.92 Å². The minimum atomic E-state index is -0.848. The summed E-state index contributed by atoms with van der Waals surface area (Å²) < 4.78 is 0. The molecule has 0 amide bonds. The van der Waals surface area contributed by atoms with Crippen LogP contribution in [0.3, 0.4) is 0 Å². The summed E-state index contributed by atoms with van der Waals surface area (Å²) in [6.45, 7) is 1.60. The highest BCUT2D eigenvalue weighted by atomic mass is 16.4. The number of rotatable bonds is 2. The lowest BCUT2D eigenvalue weighted by Gasteiger charge is -1.97. The lowest BCUT2D eigenvalue weighted by Crippen LogP contribution is -1.98. The maximum absolute atomic E-state index is 10.4. The Kier molecular flexibility index (Phi) is 2.26. The van der Waals surface area contributed by atoms with Crippen LogP contribution in [0.4, 0.5) is 0 Å². The first-order chi connectivity index (χ1) is 5.20. The van der Waals surface area contributed by atoms with Gasteiger partial charge in [0.2, 0.25) is 0 Å². The van der Waals surface area contributed by atoms with Gasteiger partial charge in [-0.3, -0.25) is 0 Å². The SMILES string of the molecule is C/C(=C\C1C=CC=C1)C(=O)O. The molecule has 0 radical (unpaired) electrons. The molecule has 11 heavy (non-hydrogen) atoms. The van der Waals surface area contributed by atoms with Gasteiger partial charge in [0, 0.05) is 11.5 Å². The molecule has 0 saturated carbocycles. The quantitative estimate of drug-likeness (QED) is 0.609. The third kappa shape index (κ3) is 2.08. The van der Waals surface area contributed by atoms with Crippen LogP contribution in [0.1, 0.15) is 6.92 Å². The number of carboxylic acid groups (broad SMARTS) is 1. The molecule has 0 aromatic rings. The second kappa shape index (κ2) is 3.19. The van der Waals surface area contributed by atoms with E-state index in [9.17, 15) is 4.79 Å². The molecule has 0 bridgehead atoms. The Morgan fingerprint density at radius 2 is 2.00 bits per heavy atom. The second-order valence-corrected chi connectivity index (χ2v) is 2.50. The lowest BCUT2D eigenvalue weighted by molar-refractivity contribution is -0.132. The van der Waals surface area contributed by atoms with Gasteiger partial charge in [-0.1, -0.05) is 30.4 Å². The first kappa shape index (κ1) is 7.79. The summed E-state index contributed by atoms with van der Waals surface area (Å²) in [5.74, 6) is -0.676. The molecule has 0 atom stereocenters. The van der Waals surface area contributed by atoms with Crippen molar-refractivity contribution in [2.75, 3.05) is 0 Å². The molecular weight excluding hydrogens is 140 g/mol. The van der Waals surface area contributed by atoms with Gasteiger partial charge in [0.25, 0.3) is 0 Å². The third-order valence-corrected chi connectivity index (χ3v) is 1.56. The van der Waals surface area contributed by atoms with Gasteiger partial charge in [-0.2, -0.15) is 0 Å². The average molecular weight is 150 g/mol. The normalized spacial score (nSPS) is 17.7. The van der Waals surface area contributed by atoms with Crippen LogP contribution < -0.4 is 0 Å². The minimum absolute atomic E-state index is 0.172. The Labute approximate surface area is 65.5 Å². The van der Waals surface area contributed by atoms with Crippen LogP contribution in [0.15, 0.2) is 36.0 Å². The number of hydrogen-bond donors (Lipinski definition) is 1. The standard InChI is InChI=1S/C9H10O2/c1-7(9(10)11)6-8-4-2-3-5-8/h2-6,8H,1H3,(H,10,11)/b7-6+. The summed E-state index contributed by atoms with van der Waals surface area (Å²) in [6, 6.07) is 0. The van der Waals surface area contributed by atoms with E-state index in [1.165, 1.54) is 0 Å². The zero-order valence-corrected chi connectivity index (χ0v) is 6.32. The van der Waals surface area contributed by atoms with Gasteiger partial charge >= 0.3 is 5.97 Å². The van der Waals surface area contributed by atoms with Crippen molar-refractivity contribution in [3.8, 4) is 0 Å². The second-order valence-electron chi connectivity index (χ2n) is 2.50. The molecule has 58 valence electrons. The first-order valence-corrected chi connectivity index (χ1v) is 3.47. The fraction of sp³-hybridized carbons (Fsp3) is 0.222. The van der Waals surface area contributed by atoms with Gasteiger partial charge in [0.15, 0.2) is 0 Å². The molecule has 2 heteroatoms. The number of hydrogen-bond acceptors (Lipinski definition) is 1. The van der Waals surface area contributed by atoms with Gasteiger partial charge < -0.3 is 5.11 Å². The molecule has 0 aliphatic heterocycles. The van der Waals surface area contributed by atoms with Crippen LogP contribution in [0.25, 0.3) is 0 Å². The van der Waals surface area contributed by atoms with Crippen molar-refractivity contribution >= 4 is 5.97 Å². The third-order valence-electron chi connectivity index (χ3n) is 1.56. The molecule has 0 fully saturated rings. The molecule has 1 N–H and O–H groups in total. The van der Waals surface area contributed by atoms with E-state index in [2.05, 4.69) is 0 Å². The van der Waals surface area contributed by atoms with Crippen molar-refractivity contribution in [1.82, 2.24) is 0 Å². The van der Waals surface area contributed by atoms with E-state index in [4.69, 9.17) is 5.11 Å². The van der Waals surface area contributed by atoms with Crippen LogP contribution in [0.5, 0.6) is 0 Å². The molecule has 1 aliphatic rings. The van der Waals surface area contributed by atoms with Crippen LogP contribution in [-0.4, -0.2) is 11.1 Å². The van der Waals surface area contributed by atoms with Gasteiger partial charge in [-0.15, -0.1) is 0 Å². The summed E-state index contributed by atoms with van der Waals surface area (Å²) in [5, 5.41) is 8.53. The smallest absolute Gasteiger partial charge is 0.330 e. The van der Waals surface area contributed by atoms with Crippen molar-refractivity contribution in [2.45, 2.75) is 6.92 Å². The summed E-state index contributed by atoms with van der Waals surface area (Å²) in [5.41, 5.74) is 0.395. The van der Waals surface area contributed by atoms with Crippen molar-refractivity contribution in [3.63, 3.8) is 0 Å². The van der Waals surface area contributed by atoms with Crippen molar-refractivity contribution in [2.24, 2.45) is 5.92 Å². The average Bonchev–Trinajstić information content (AvgIpc) is 2.39. The monoisotopic (exact) mass is 150 g/mol. The molecular formula is C9H10O2.